The van der Waals surface area contributed by atoms with Crippen LogP contribution in [0.15, 0.2) is 29.2 Å². The summed E-state index contributed by atoms with van der Waals surface area (Å²) in [6, 6.07) is 6.87. The number of nitrogens with zero attached hydrogens (tertiary/aromatic N) is 1. The van der Waals surface area contributed by atoms with Crippen molar-refractivity contribution in [3.05, 3.63) is 29.8 Å². The third-order valence-corrected chi connectivity index (χ3v) is 5.50. The van der Waals surface area contributed by atoms with Gasteiger partial charge in [-0.3, -0.25) is 13.8 Å². The van der Waals surface area contributed by atoms with Crippen LogP contribution in [0.25, 0.3) is 0 Å². The molecule has 1 aliphatic rings. The molecule has 1 amide bonds. The topological polar surface area (TPSA) is 74.7 Å². The molecule has 1 aromatic rings. The number of benzene rings is 1. The van der Waals surface area contributed by atoms with Gasteiger partial charge in [-0.1, -0.05) is 19.1 Å². The van der Waals surface area contributed by atoms with Crippen LogP contribution >= 0.6 is 0 Å². The van der Waals surface area contributed by atoms with Crippen LogP contribution in [-0.4, -0.2) is 44.9 Å². The number of hydrogen-bond donors (Lipinski definition) is 1. The first-order chi connectivity index (χ1) is 10.4. The van der Waals surface area contributed by atoms with Crippen LogP contribution in [-0.2, 0) is 15.6 Å². The summed E-state index contributed by atoms with van der Waals surface area (Å²) in [5.74, 6) is -0.670. The highest BCUT2D eigenvalue weighted by atomic mass is 32.2. The Labute approximate surface area is 132 Å². The van der Waals surface area contributed by atoms with E-state index in [0.717, 1.165) is 0 Å². The van der Waals surface area contributed by atoms with Crippen molar-refractivity contribution < 1.29 is 18.9 Å². The van der Waals surface area contributed by atoms with Gasteiger partial charge in [0.05, 0.1) is 26.7 Å². The predicted molar refractivity (Wildman–Crippen MR) is 84.3 cm³/mol. The highest BCUT2D eigenvalue weighted by molar-refractivity contribution is 7.85. The molecule has 1 heterocycles. The van der Waals surface area contributed by atoms with Crippen LogP contribution in [0.2, 0.25) is 0 Å². The number of aliphatic carboxylic acids is 1. The molecular formula is C16H21NO4S. The number of hydrogen-bond acceptors (Lipinski definition) is 3. The Hall–Kier alpha value is -1.69. The molecule has 0 saturated carbocycles. The minimum absolute atomic E-state index is 0.189. The van der Waals surface area contributed by atoms with Crippen molar-refractivity contribution in [2.45, 2.75) is 31.6 Å². The molecule has 1 N–H and O–H groups in total. The molecule has 1 aromatic carbocycles. The zero-order valence-corrected chi connectivity index (χ0v) is 13.7. The summed E-state index contributed by atoms with van der Waals surface area (Å²) in [6.45, 7) is 4.20. The predicted octanol–water partition coefficient (Wildman–Crippen LogP) is 2.14. The molecule has 0 spiro atoms. The molecule has 0 radical (unpaired) electrons. The number of rotatable bonds is 4. The molecular weight excluding hydrogens is 302 g/mol. The van der Waals surface area contributed by atoms with Gasteiger partial charge in [-0.2, -0.15) is 0 Å². The Kier molecular flexibility index (Phi) is 5.01. The van der Waals surface area contributed by atoms with Gasteiger partial charge in [0.1, 0.15) is 0 Å². The van der Waals surface area contributed by atoms with E-state index in [1.165, 1.54) is 0 Å². The first-order valence-electron chi connectivity index (χ1n) is 7.39. The van der Waals surface area contributed by atoms with E-state index in [2.05, 4.69) is 0 Å². The highest BCUT2D eigenvalue weighted by Crippen LogP contribution is 2.31. The minimum Gasteiger partial charge on any atom is -0.481 e. The van der Waals surface area contributed by atoms with E-state index in [-0.39, 0.29) is 12.5 Å². The summed E-state index contributed by atoms with van der Waals surface area (Å²) in [5.41, 5.74) is -0.496. The van der Waals surface area contributed by atoms with Gasteiger partial charge < -0.3 is 10.0 Å². The van der Waals surface area contributed by atoms with Gasteiger partial charge in [0.15, 0.2) is 0 Å². The van der Waals surface area contributed by atoms with Crippen LogP contribution < -0.4 is 0 Å². The summed E-state index contributed by atoms with van der Waals surface area (Å²) >= 11 is 0. The van der Waals surface area contributed by atoms with Crippen LogP contribution in [0.5, 0.6) is 0 Å². The Morgan fingerprint density at radius 1 is 1.36 bits per heavy atom. The fraction of sp³-hybridized carbons (Fsp3) is 0.500. The second-order valence-corrected chi connectivity index (χ2v) is 7.53. The van der Waals surface area contributed by atoms with Crippen molar-refractivity contribution in [1.82, 2.24) is 4.90 Å². The van der Waals surface area contributed by atoms with Gasteiger partial charge in [0.2, 0.25) is 0 Å². The molecule has 5 nitrogen and oxygen atoms in total. The van der Waals surface area contributed by atoms with Crippen LogP contribution in [0.3, 0.4) is 0 Å². The molecule has 22 heavy (non-hydrogen) atoms. The quantitative estimate of drug-likeness (QED) is 0.921. The average Bonchev–Trinajstić information content (AvgIpc) is 2.53. The molecule has 0 aliphatic carbocycles. The fourth-order valence-electron chi connectivity index (χ4n) is 2.76. The first kappa shape index (κ1) is 16.7. The summed E-state index contributed by atoms with van der Waals surface area (Å²) in [7, 11) is -1.22. The van der Waals surface area contributed by atoms with Crippen molar-refractivity contribution in [2.24, 2.45) is 5.41 Å². The summed E-state index contributed by atoms with van der Waals surface area (Å²) in [4.78, 5) is 26.3. The molecule has 120 valence electrons. The number of likely N-dealkylation sites (tertiary alicyclic amines) is 1. The van der Waals surface area contributed by atoms with E-state index in [9.17, 15) is 18.9 Å². The summed E-state index contributed by atoms with van der Waals surface area (Å²) < 4.78 is 12.1. The molecule has 6 heteroatoms. The monoisotopic (exact) mass is 323 g/mol. The molecule has 2 rings (SSSR count). The summed E-state index contributed by atoms with van der Waals surface area (Å²) in [5, 5.41) is 9.36. The van der Waals surface area contributed by atoms with Crippen LogP contribution in [0.4, 0.5) is 0 Å². The smallest absolute Gasteiger partial charge is 0.311 e. The van der Waals surface area contributed by atoms with Gasteiger partial charge in [-0.25, -0.2) is 0 Å². The maximum Gasteiger partial charge on any atom is 0.311 e. The lowest BCUT2D eigenvalue weighted by Crippen LogP contribution is -2.48. The number of piperidine rings is 1. The minimum atomic E-state index is -1.22. The van der Waals surface area contributed by atoms with E-state index >= 15 is 0 Å². The Morgan fingerprint density at radius 2 is 2.05 bits per heavy atom. The third-order valence-electron chi connectivity index (χ3n) is 4.12. The van der Waals surface area contributed by atoms with E-state index < -0.39 is 22.2 Å². The summed E-state index contributed by atoms with van der Waals surface area (Å²) in [6.07, 6.45) is 1.22. The number of carbonyl (C=O) groups is 2. The van der Waals surface area contributed by atoms with E-state index in [1.54, 1.807) is 43.0 Å². The van der Waals surface area contributed by atoms with Crippen LogP contribution in [0.1, 0.15) is 37.0 Å². The van der Waals surface area contributed by atoms with Crippen molar-refractivity contribution in [2.75, 3.05) is 18.8 Å². The third kappa shape index (κ3) is 3.21. The lowest BCUT2D eigenvalue weighted by atomic mass is 9.82. The Morgan fingerprint density at radius 3 is 2.68 bits per heavy atom. The average molecular weight is 323 g/mol. The number of amides is 1. The molecule has 1 fully saturated rings. The van der Waals surface area contributed by atoms with Gasteiger partial charge in [-0.15, -0.1) is 0 Å². The van der Waals surface area contributed by atoms with Gasteiger partial charge in [0, 0.05) is 18.8 Å². The van der Waals surface area contributed by atoms with Gasteiger partial charge in [0.25, 0.3) is 5.91 Å². The molecule has 1 saturated heterocycles. The molecule has 0 bridgehead atoms. The molecule has 1 aliphatic heterocycles. The molecule has 0 aromatic heterocycles. The standard InChI is InChI=1S/C16H21NO4S/c1-3-22(21)13-8-5-4-7-12(13)14(18)17-10-6-9-16(2,11-17)15(19)20/h4-5,7-8H,3,6,9-11H2,1-2H3,(H,19,20). The van der Waals surface area contributed by atoms with Gasteiger partial charge >= 0.3 is 5.97 Å². The number of carboxylic acid groups (broad SMARTS) is 1. The lowest BCUT2D eigenvalue weighted by molar-refractivity contribution is -0.150. The second kappa shape index (κ2) is 6.60. The SMILES string of the molecule is CCS(=O)c1ccccc1C(=O)N1CCCC(C)(C(=O)O)C1. The van der Waals surface area contributed by atoms with E-state index in [1.807, 2.05) is 0 Å². The van der Waals surface area contributed by atoms with Crippen molar-refractivity contribution in [1.29, 1.82) is 0 Å². The van der Waals surface area contributed by atoms with Gasteiger partial charge in [-0.05, 0) is 31.9 Å². The largest absolute Gasteiger partial charge is 0.481 e. The van der Waals surface area contributed by atoms with Crippen molar-refractivity contribution in [3.63, 3.8) is 0 Å². The zero-order chi connectivity index (χ0) is 16.3. The Balaban J connectivity index is 2.29. The normalized spacial score (nSPS) is 23.1. The van der Waals surface area contributed by atoms with E-state index in [4.69, 9.17) is 0 Å². The Bertz CT molecular complexity index is 616. The van der Waals surface area contributed by atoms with Crippen molar-refractivity contribution >= 4 is 22.7 Å². The first-order valence-corrected chi connectivity index (χ1v) is 8.71. The maximum atomic E-state index is 12.7. The molecule has 2 unspecified atom stereocenters. The van der Waals surface area contributed by atoms with E-state index in [0.29, 0.717) is 35.6 Å². The zero-order valence-electron chi connectivity index (χ0n) is 12.9. The lowest BCUT2D eigenvalue weighted by Gasteiger charge is -2.37. The number of carboxylic acids is 1. The maximum absolute atomic E-state index is 12.7. The fourth-order valence-corrected chi connectivity index (χ4v) is 3.70. The molecule has 2 atom stereocenters. The highest BCUT2D eigenvalue weighted by Gasteiger charge is 2.39. The van der Waals surface area contributed by atoms with Crippen LogP contribution in [0, 0.1) is 5.41 Å². The van der Waals surface area contributed by atoms with Crippen molar-refractivity contribution in [3.8, 4) is 0 Å². The second-order valence-electron chi connectivity index (χ2n) is 5.83. The number of carbonyl (C=O) groups excluding carboxylic acids is 1.